The fourth-order valence-corrected chi connectivity index (χ4v) is 1.03. The molecular weight excluding hydrogens is 202 g/mol. The molecule has 0 aromatic carbocycles. The van der Waals surface area contributed by atoms with Crippen LogP contribution in [0.4, 0.5) is 5.82 Å². The highest BCUT2D eigenvalue weighted by Gasteiger charge is 2.07. The van der Waals surface area contributed by atoms with Gasteiger partial charge in [0, 0.05) is 6.04 Å². The van der Waals surface area contributed by atoms with Crippen LogP contribution in [0.25, 0.3) is 0 Å². The van der Waals surface area contributed by atoms with E-state index in [0.29, 0.717) is 22.9 Å². The van der Waals surface area contributed by atoms with Gasteiger partial charge in [0.2, 0.25) is 0 Å². The molecule has 0 aliphatic carbocycles. The van der Waals surface area contributed by atoms with E-state index in [4.69, 9.17) is 16.3 Å². The van der Waals surface area contributed by atoms with Gasteiger partial charge in [-0.3, -0.25) is 0 Å². The number of nitrogens with one attached hydrogen (secondary N) is 1. The summed E-state index contributed by atoms with van der Waals surface area (Å²) in [5.41, 5.74) is 0. The van der Waals surface area contributed by atoms with E-state index < -0.39 is 0 Å². The third-order valence-corrected chi connectivity index (χ3v) is 2.18. The van der Waals surface area contributed by atoms with Crippen molar-refractivity contribution in [3.8, 4) is 6.01 Å². The van der Waals surface area contributed by atoms with Gasteiger partial charge in [0.05, 0.1) is 13.3 Å². The number of hydrogen-bond acceptors (Lipinski definition) is 4. The average Bonchev–Trinajstić information content (AvgIpc) is 2.21. The van der Waals surface area contributed by atoms with Crippen LogP contribution in [0.2, 0.25) is 5.02 Å². The first-order valence-corrected chi connectivity index (χ1v) is 4.88. The molecule has 1 atom stereocenters. The van der Waals surface area contributed by atoms with E-state index in [1.807, 2.05) is 0 Å². The minimum absolute atomic E-state index is 0.320. The van der Waals surface area contributed by atoms with Crippen LogP contribution in [-0.2, 0) is 0 Å². The van der Waals surface area contributed by atoms with Crippen LogP contribution in [0.5, 0.6) is 6.01 Å². The van der Waals surface area contributed by atoms with Crippen molar-refractivity contribution in [1.29, 1.82) is 0 Å². The number of methoxy groups -OCH3 is 1. The topological polar surface area (TPSA) is 47.0 Å². The van der Waals surface area contributed by atoms with Gasteiger partial charge < -0.3 is 10.1 Å². The Morgan fingerprint density at radius 3 is 2.93 bits per heavy atom. The second kappa shape index (κ2) is 5.00. The maximum absolute atomic E-state index is 5.91. The summed E-state index contributed by atoms with van der Waals surface area (Å²) < 4.78 is 4.90. The highest BCUT2D eigenvalue weighted by atomic mass is 35.5. The molecule has 5 heteroatoms. The quantitative estimate of drug-likeness (QED) is 0.838. The molecule has 1 N–H and O–H groups in total. The number of nitrogens with zero attached hydrogens (tertiary/aromatic N) is 2. The third kappa shape index (κ3) is 2.73. The van der Waals surface area contributed by atoms with E-state index in [9.17, 15) is 0 Å². The van der Waals surface area contributed by atoms with Gasteiger partial charge in [0.15, 0.2) is 5.82 Å². The first kappa shape index (κ1) is 11.0. The first-order valence-electron chi connectivity index (χ1n) is 4.50. The van der Waals surface area contributed by atoms with Gasteiger partial charge in [-0.05, 0) is 13.3 Å². The molecule has 1 heterocycles. The molecule has 0 aliphatic rings. The van der Waals surface area contributed by atoms with Crippen LogP contribution in [0.15, 0.2) is 6.20 Å². The Kier molecular flexibility index (Phi) is 3.95. The number of halogens is 1. The molecule has 1 rings (SSSR count). The third-order valence-electron chi connectivity index (χ3n) is 1.90. The Morgan fingerprint density at radius 1 is 1.64 bits per heavy atom. The summed E-state index contributed by atoms with van der Waals surface area (Å²) in [6, 6.07) is 0.646. The molecule has 0 bridgehead atoms. The maximum Gasteiger partial charge on any atom is 0.318 e. The van der Waals surface area contributed by atoms with E-state index in [1.54, 1.807) is 0 Å². The lowest BCUT2D eigenvalue weighted by molar-refractivity contribution is 0.380. The molecule has 14 heavy (non-hydrogen) atoms. The van der Waals surface area contributed by atoms with Crippen molar-refractivity contribution in [3.63, 3.8) is 0 Å². The molecule has 78 valence electrons. The van der Waals surface area contributed by atoms with E-state index >= 15 is 0 Å². The van der Waals surface area contributed by atoms with Gasteiger partial charge in [-0.15, -0.1) is 0 Å². The molecule has 0 saturated carbocycles. The lowest BCUT2D eigenvalue weighted by atomic mass is 10.2. The maximum atomic E-state index is 5.91. The minimum Gasteiger partial charge on any atom is -0.467 e. The van der Waals surface area contributed by atoms with Gasteiger partial charge in [-0.1, -0.05) is 18.5 Å². The molecule has 1 unspecified atom stereocenters. The van der Waals surface area contributed by atoms with Crippen molar-refractivity contribution in [2.75, 3.05) is 12.4 Å². The van der Waals surface area contributed by atoms with Crippen LogP contribution in [-0.4, -0.2) is 23.1 Å². The molecule has 0 fully saturated rings. The molecule has 4 nitrogen and oxygen atoms in total. The van der Waals surface area contributed by atoms with Crippen molar-refractivity contribution in [3.05, 3.63) is 11.2 Å². The molecule has 0 radical (unpaired) electrons. The fourth-order valence-electron chi connectivity index (χ4n) is 0.886. The number of ether oxygens (including phenoxy) is 1. The Balaban J connectivity index is 2.83. The molecule has 0 spiro atoms. The normalized spacial score (nSPS) is 12.3. The van der Waals surface area contributed by atoms with Crippen LogP contribution in [0, 0.1) is 0 Å². The van der Waals surface area contributed by atoms with Gasteiger partial charge in [-0.25, -0.2) is 4.98 Å². The van der Waals surface area contributed by atoms with Gasteiger partial charge >= 0.3 is 6.01 Å². The smallest absolute Gasteiger partial charge is 0.318 e. The Bertz CT molecular complexity index is 306. The van der Waals surface area contributed by atoms with Gasteiger partial charge in [0.25, 0.3) is 0 Å². The predicted octanol–water partition coefficient (Wildman–Crippen LogP) is 2.35. The van der Waals surface area contributed by atoms with E-state index in [-0.39, 0.29) is 0 Å². The monoisotopic (exact) mass is 215 g/mol. The second-order valence-corrected chi connectivity index (χ2v) is 3.41. The fraction of sp³-hybridized carbons (Fsp3) is 0.556. The van der Waals surface area contributed by atoms with Crippen LogP contribution in [0.3, 0.4) is 0 Å². The number of rotatable bonds is 4. The number of aromatic nitrogens is 2. The predicted molar refractivity (Wildman–Crippen MR) is 57.0 cm³/mol. The molecule has 0 amide bonds. The lowest BCUT2D eigenvalue weighted by Gasteiger charge is -2.13. The van der Waals surface area contributed by atoms with Crippen LogP contribution >= 0.6 is 11.6 Å². The zero-order valence-corrected chi connectivity index (χ0v) is 9.30. The van der Waals surface area contributed by atoms with Crippen molar-refractivity contribution in [2.24, 2.45) is 0 Å². The zero-order chi connectivity index (χ0) is 10.6. The largest absolute Gasteiger partial charge is 0.467 e. The summed E-state index contributed by atoms with van der Waals surface area (Å²) in [5.74, 6) is 0.618. The van der Waals surface area contributed by atoms with Gasteiger partial charge in [0.1, 0.15) is 5.02 Å². The summed E-state index contributed by atoms with van der Waals surface area (Å²) in [5, 5.41) is 3.68. The SMILES string of the molecule is CCC(C)Nc1nc(OC)ncc1Cl. The number of hydrogen-bond donors (Lipinski definition) is 1. The Morgan fingerprint density at radius 2 is 2.36 bits per heavy atom. The van der Waals surface area contributed by atoms with Crippen molar-refractivity contribution >= 4 is 17.4 Å². The van der Waals surface area contributed by atoms with Crippen molar-refractivity contribution in [2.45, 2.75) is 26.3 Å². The van der Waals surface area contributed by atoms with Crippen molar-refractivity contribution in [1.82, 2.24) is 9.97 Å². The molecule has 1 aromatic heterocycles. The highest BCUT2D eigenvalue weighted by Crippen LogP contribution is 2.21. The molecule has 1 aromatic rings. The summed E-state index contributed by atoms with van der Waals surface area (Å²) in [6.07, 6.45) is 2.53. The summed E-state index contributed by atoms with van der Waals surface area (Å²) in [7, 11) is 1.52. The second-order valence-electron chi connectivity index (χ2n) is 3.01. The Labute approximate surface area is 88.7 Å². The average molecular weight is 216 g/mol. The summed E-state index contributed by atoms with van der Waals surface area (Å²) >= 11 is 5.91. The zero-order valence-electron chi connectivity index (χ0n) is 8.54. The van der Waals surface area contributed by atoms with E-state index in [2.05, 4.69) is 29.1 Å². The summed E-state index contributed by atoms with van der Waals surface area (Å²) in [6.45, 7) is 4.15. The standard InChI is InChI=1S/C9H14ClN3O/c1-4-6(2)12-8-7(10)5-11-9(13-8)14-3/h5-6H,4H2,1-3H3,(H,11,12,13). The minimum atomic E-state index is 0.320. The molecular formula is C9H14ClN3O. The highest BCUT2D eigenvalue weighted by molar-refractivity contribution is 6.32. The van der Waals surface area contributed by atoms with Crippen LogP contribution < -0.4 is 10.1 Å². The van der Waals surface area contributed by atoms with Gasteiger partial charge in [-0.2, -0.15) is 4.98 Å². The van der Waals surface area contributed by atoms with E-state index in [1.165, 1.54) is 13.3 Å². The van der Waals surface area contributed by atoms with Crippen LogP contribution in [0.1, 0.15) is 20.3 Å². The lowest BCUT2D eigenvalue weighted by Crippen LogP contribution is -2.15. The molecule has 0 saturated heterocycles. The number of anilines is 1. The Hall–Kier alpha value is -1.03. The molecule has 0 aliphatic heterocycles. The summed E-state index contributed by atoms with van der Waals surface area (Å²) in [4.78, 5) is 7.99. The van der Waals surface area contributed by atoms with E-state index in [0.717, 1.165) is 6.42 Å². The first-order chi connectivity index (χ1) is 6.67. The van der Waals surface area contributed by atoms with Crippen molar-refractivity contribution < 1.29 is 4.74 Å².